The maximum Gasteiger partial charge on any atom is 0.264 e. The molecule has 4 rings (SSSR count). The van der Waals surface area contributed by atoms with Crippen molar-refractivity contribution in [3.63, 3.8) is 0 Å². The maximum absolute atomic E-state index is 13.7. The first kappa shape index (κ1) is 29.3. The van der Waals surface area contributed by atoms with Crippen molar-refractivity contribution in [2.45, 2.75) is 16.7 Å². The van der Waals surface area contributed by atoms with Crippen LogP contribution in [0.15, 0.2) is 76.5 Å². The van der Waals surface area contributed by atoms with E-state index in [2.05, 4.69) is 5.32 Å². The average Bonchev–Trinajstić information content (AvgIpc) is 2.96. The second-order valence-corrected chi connectivity index (χ2v) is 12.7. The molecule has 214 valence electrons. The summed E-state index contributed by atoms with van der Waals surface area (Å²) in [4.78, 5) is 13.1. The summed E-state index contributed by atoms with van der Waals surface area (Å²) in [6, 6.07) is 16.9. The van der Waals surface area contributed by atoms with Gasteiger partial charge in [-0.2, -0.15) is 4.31 Å². The van der Waals surface area contributed by atoms with E-state index in [1.54, 1.807) is 30.3 Å². The summed E-state index contributed by atoms with van der Waals surface area (Å²) in [7, 11) is -5.29. The second-order valence-electron chi connectivity index (χ2n) is 8.96. The van der Waals surface area contributed by atoms with Crippen molar-refractivity contribution in [3.8, 4) is 11.5 Å². The van der Waals surface area contributed by atoms with Crippen LogP contribution in [0.25, 0.3) is 0 Å². The zero-order valence-electron chi connectivity index (χ0n) is 22.4. The van der Waals surface area contributed by atoms with Crippen LogP contribution in [0.3, 0.4) is 0 Å². The van der Waals surface area contributed by atoms with Crippen LogP contribution in [0.4, 0.5) is 11.4 Å². The first-order chi connectivity index (χ1) is 19.1. The van der Waals surface area contributed by atoms with Gasteiger partial charge in [0.1, 0.15) is 22.9 Å². The Kier molecular flexibility index (Phi) is 8.98. The molecular weight excluding hydrogens is 558 g/mol. The van der Waals surface area contributed by atoms with Gasteiger partial charge in [0.25, 0.3) is 10.0 Å². The number of methoxy groups -OCH3 is 2. The van der Waals surface area contributed by atoms with Crippen LogP contribution in [-0.4, -0.2) is 74.1 Å². The summed E-state index contributed by atoms with van der Waals surface area (Å²) in [6.45, 7) is 2.18. The van der Waals surface area contributed by atoms with E-state index in [4.69, 9.17) is 14.2 Å². The standard InChI is InChI=1S/C27H31N3O8S2/c1-20-7-10-24(11-8-20)39(32,33)30(22-5-4-6-23(18-22)36-2)19-27(31)28-21-9-12-25(37-3)26(17-21)40(34,35)29-13-15-38-16-14-29/h4-12,17-18H,13-16,19H2,1-3H3,(H,28,31). The number of anilines is 2. The van der Waals surface area contributed by atoms with Gasteiger partial charge in [0, 0.05) is 24.8 Å². The number of benzene rings is 3. The highest BCUT2D eigenvalue weighted by Crippen LogP contribution is 2.31. The monoisotopic (exact) mass is 589 g/mol. The van der Waals surface area contributed by atoms with E-state index in [9.17, 15) is 21.6 Å². The van der Waals surface area contributed by atoms with Crippen LogP contribution in [0.5, 0.6) is 11.5 Å². The fourth-order valence-corrected chi connectivity index (χ4v) is 7.13. The normalized spacial score (nSPS) is 14.4. The van der Waals surface area contributed by atoms with Crippen LogP contribution in [-0.2, 0) is 29.6 Å². The maximum atomic E-state index is 13.7. The van der Waals surface area contributed by atoms with Crippen LogP contribution >= 0.6 is 0 Å². The molecule has 1 heterocycles. The van der Waals surface area contributed by atoms with Gasteiger partial charge in [-0.15, -0.1) is 0 Å². The lowest BCUT2D eigenvalue weighted by molar-refractivity contribution is -0.114. The quantitative estimate of drug-likeness (QED) is 0.382. The lowest BCUT2D eigenvalue weighted by Crippen LogP contribution is -2.40. The minimum atomic E-state index is -4.16. The van der Waals surface area contributed by atoms with Gasteiger partial charge in [-0.25, -0.2) is 16.8 Å². The molecule has 0 bridgehead atoms. The molecule has 1 saturated heterocycles. The van der Waals surface area contributed by atoms with Gasteiger partial charge in [-0.3, -0.25) is 9.10 Å². The molecule has 0 unspecified atom stereocenters. The number of ether oxygens (including phenoxy) is 3. The Hall–Kier alpha value is -3.65. The topological polar surface area (TPSA) is 132 Å². The Balaban J connectivity index is 1.65. The van der Waals surface area contributed by atoms with E-state index >= 15 is 0 Å². The molecule has 3 aromatic carbocycles. The van der Waals surface area contributed by atoms with Crippen molar-refractivity contribution in [2.24, 2.45) is 0 Å². The summed E-state index contributed by atoms with van der Waals surface area (Å²) in [6.07, 6.45) is 0. The Morgan fingerprint density at radius 2 is 1.65 bits per heavy atom. The van der Waals surface area contributed by atoms with Gasteiger partial charge in [0.05, 0.1) is 38.0 Å². The number of hydrogen-bond donors (Lipinski definition) is 1. The van der Waals surface area contributed by atoms with Crippen molar-refractivity contribution in [1.82, 2.24) is 4.31 Å². The van der Waals surface area contributed by atoms with Gasteiger partial charge in [-0.1, -0.05) is 23.8 Å². The number of nitrogens with one attached hydrogen (secondary N) is 1. The fourth-order valence-electron chi connectivity index (χ4n) is 4.13. The van der Waals surface area contributed by atoms with Gasteiger partial charge >= 0.3 is 0 Å². The first-order valence-corrected chi connectivity index (χ1v) is 15.2. The van der Waals surface area contributed by atoms with Crippen molar-refractivity contribution >= 4 is 37.3 Å². The van der Waals surface area contributed by atoms with Crippen molar-refractivity contribution in [1.29, 1.82) is 0 Å². The Labute approximate surface area is 234 Å². The predicted molar refractivity (Wildman–Crippen MR) is 150 cm³/mol. The number of morpholine rings is 1. The third-order valence-electron chi connectivity index (χ3n) is 6.27. The number of nitrogens with zero attached hydrogens (tertiary/aromatic N) is 2. The summed E-state index contributed by atoms with van der Waals surface area (Å²) in [5.41, 5.74) is 1.27. The second kappa shape index (κ2) is 12.3. The lowest BCUT2D eigenvalue weighted by Gasteiger charge is -2.27. The highest BCUT2D eigenvalue weighted by Gasteiger charge is 2.31. The van der Waals surface area contributed by atoms with E-state index in [1.165, 1.54) is 54.9 Å². The Bertz CT molecular complexity index is 1570. The van der Waals surface area contributed by atoms with E-state index < -0.39 is 32.5 Å². The predicted octanol–water partition coefficient (Wildman–Crippen LogP) is 2.87. The smallest absolute Gasteiger partial charge is 0.264 e. The van der Waals surface area contributed by atoms with Crippen LogP contribution in [0.2, 0.25) is 0 Å². The van der Waals surface area contributed by atoms with Gasteiger partial charge in [0.15, 0.2) is 0 Å². The Morgan fingerprint density at radius 1 is 0.950 bits per heavy atom. The molecule has 1 aliphatic rings. The summed E-state index contributed by atoms with van der Waals surface area (Å²) in [5, 5.41) is 2.63. The molecule has 1 aliphatic heterocycles. The average molecular weight is 590 g/mol. The highest BCUT2D eigenvalue weighted by atomic mass is 32.2. The van der Waals surface area contributed by atoms with Crippen molar-refractivity contribution in [3.05, 3.63) is 72.3 Å². The van der Waals surface area contributed by atoms with Gasteiger partial charge < -0.3 is 19.5 Å². The highest BCUT2D eigenvalue weighted by molar-refractivity contribution is 7.92. The fraction of sp³-hybridized carbons (Fsp3) is 0.296. The minimum absolute atomic E-state index is 0.0112. The molecule has 0 aromatic heterocycles. The molecule has 11 nitrogen and oxygen atoms in total. The van der Waals surface area contributed by atoms with Crippen LogP contribution in [0, 0.1) is 6.92 Å². The van der Waals surface area contributed by atoms with Gasteiger partial charge in [0.2, 0.25) is 15.9 Å². The van der Waals surface area contributed by atoms with E-state index in [-0.39, 0.29) is 53.2 Å². The zero-order valence-corrected chi connectivity index (χ0v) is 24.0. The molecule has 1 N–H and O–H groups in total. The Morgan fingerprint density at radius 3 is 2.30 bits per heavy atom. The molecule has 13 heteroatoms. The third-order valence-corrected chi connectivity index (χ3v) is 9.98. The molecule has 40 heavy (non-hydrogen) atoms. The van der Waals surface area contributed by atoms with E-state index in [0.717, 1.165) is 9.87 Å². The molecule has 0 aliphatic carbocycles. The number of sulfonamides is 2. The molecular formula is C27H31N3O8S2. The third kappa shape index (κ3) is 6.39. The number of carbonyl (C=O) groups is 1. The molecule has 1 amide bonds. The number of hydrogen-bond acceptors (Lipinski definition) is 8. The van der Waals surface area contributed by atoms with Crippen LogP contribution < -0.4 is 19.1 Å². The zero-order chi connectivity index (χ0) is 28.9. The van der Waals surface area contributed by atoms with E-state index in [0.29, 0.717) is 5.75 Å². The lowest BCUT2D eigenvalue weighted by atomic mass is 10.2. The van der Waals surface area contributed by atoms with Crippen LogP contribution in [0.1, 0.15) is 5.56 Å². The molecule has 0 atom stereocenters. The number of carbonyl (C=O) groups excluding carboxylic acids is 1. The summed E-state index contributed by atoms with van der Waals surface area (Å²) < 4.78 is 72.0. The van der Waals surface area contributed by atoms with E-state index in [1.807, 2.05) is 6.92 Å². The summed E-state index contributed by atoms with van der Waals surface area (Å²) >= 11 is 0. The van der Waals surface area contributed by atoms with Crippen molar-refractivity contribution < 1.29 is 35.8 Å². The van der Waals surface area contributed by atoms with Gasteiger partial charge in [-0.05, 0) is 49.4 Å². The molecule has 0 saturated carbocycles. The number of amides is 1. The molecule has 0 spiro atoms. The van der Waals surface area contributed by atoms with Crippen molar-refractivity contribution in [2.75, 3.05) is 56.7 Å². The largest absolute Gasteiger partial charge is 0.497 e. The number of rotatable bonds is 10. The minimum Gasteiger partial charge on any atom is -0.497 e. The molecule has 0 radical (unpaired) electrons. The SMILES string of the molecule is COc1cccc(N(CC(=O)Nc2ccc(OC)c(S(=O)(=O)N3CCOCC3)c2)S(=O)(=O)c2ccc(C)cc2)c1. The summed E-state index contributed by atoms with van der Waals surface area (Å²) in [5.74, 6) is -0.155. The number of aryl methyl sites for hydroxylation is 1. The molecule has 3 aromatic rings. The first-order valence-electron chi connectivity index (χ1n) is 12.4. The molecule has 1 fully saturated rings.